The van der Waals surface area contributed by atoms with E-state index in [0.717, 1.165) is 42.4 Å². The fraction of sp³-hybridized carbons (Fsp3) is 0.316. The van der Waals surface area contributed by atoms with E-state index in [2.05, 4.69) is 22.4 Å². The van der Waals surface area contributed by atoms with Crippen LogP contribution in [0.1, 0.15) is 23.5 Å². The lowest BCUT2D eigenvalue weighted by molar-refractivity contribution is 0.174. The molecule has 24 heavy (non-hydrogen) atoms. The lowest BCUT2D eigenvalue weighted by atomic mass is 9.97. The Balaban J connectivity index is 1.30. The van der Waals surface area contributed by atoms with Gasteiger partial charge in [0.05, 0.1) is 12.8 Å². The van der Waals surface area contributed by atoms with E-state index in [0.29, 0.717) is 12.7 Å². The van der Waals surface area contributed by atoms with E-state index in [1.807, 2.05) is 30.5 Å². The lowest BCUT2D eigenvalue weighted by Crippen LogP contribution is -2.17. The van der Waals surface area contributed by atoms with Gasteiger partial charge in [0, 0.05) is 18.7 Å². The molecular formula is C19H20N2O3. The summed E-state index contributed by atoms with van der Waals surface area (Å²) in [4.78, 5) is 4.49. The van der Waals surface area contributed by atoms with Gasteiger partial charge in [-0.1, -0.05) is 6.07 Å². The Labute approximate surface area is 141 Å². The lowest BCUT2D eigenvalue weighted by Gasteiger charge is -2.11. The number of fused-ring (bicyclic) bond motifs is 2. The Morgan fingerprint density at radius 1 is 1.17 bits per heavy atom. The average Bonchev–Trinajstić information content (AvgIpc) is 3.24. The first kappa shape index (κ1) is 15.0. The summed E-state index contributed by atoms with van der Waals surface area (Å²) < 4.78 is 16.1. The molecule has 2 aromatic carbocycles. The number of hydrogen-bond donors (Lipinski definition) is 1. The molecule has 0 fully saturated rings. The van der Waals surface area contributed by atoms with Gasteiger partial charge in [-0.3, -0.25) is 4.99 Å². The van der Waals surface area contributed by atoms with Crippen molar-refractivity contribution < 1.29 is 14.2 Å². The van der Waals surface area contributed by atoms with Gasteiger partial charge in [-0.25, -0.2) is 0 Å². The molecule has 2 aliphatic rings. The number of nitrogens with zero attached hydrogens (tertiary/aromatic N) is 1. The van der Waals surface area contributed by atoms with Gasteiger partial charge in [-0.15, -0.1) is 0 Å². The van der Waals surface area contributed by atoms with Crippen molar-refractivity contribution in [1.82, 2.24) is 5.32 Å². The number of benzene rings is 2. The van der Waals surface area contributed by atoms with E-state index in [1.54, 1.807) is 7.11 Å². The van der Waals surface area contributed by atoms with Crippen LogP contribution in [0.3, 0.4) is 0 Å². The second-order valence-corrected chi connectivity index (χ2v) is 5.96. The van der Waals surface area contributed by atoms with Crippen molar-refractivity contribution in [2.24, 2.45) is 4.99 Å². The average molecular weight is 324 g/mol. The van der Waals surface area contributed by atoms with Crippen LogP contribution >= 0.6 is 0 Å². The third-order valence-electron chi connectivity index (χ3n) is 4.43. The van der Waals surface area contributed by atoms with Gasteiger partial charge in [0.15, 0.2) is 11.5 Å². The fourth-order valence-electron chi connectivity index (χ4n) is 3.10. The summed E-state index contributed by atoms with van der Waals surface area (Å²) in [6, 6.07) is 12.1. The molecule has 0 aromatic heterocycles. The van der Waals surface area contributed by atoms with Crippen molar-refractivity contribution in [3.63, 3.8) is 0 Å². The minimum atomic E-state index is 0.316. The SMILES string of the molecule is COc1ccc2c(c1)[C@H](CCNCc1ccc3c(c1)OCO3)C=N2. The second-order valence-electron chi connectivity index (χ2n) is 5.96. The van der Waals surface area contributed by atoms with Crippen LogP contribution in [0.15, 0.2) is 41.4 Å². The molecule has 0 saturated carbocycles. The van der Waals surface area contributed by atoms with Gasteiger partial charge in [0.25, 0.3) is 0 Å². The van der Waals surface area contributed by atoms with Crippen LogP contribution in [0, 0.1) is 0 Å². The van der Waals surface area contributed by atoms with Crippen LogP contribution in [0.25, 0.3) is 0 Å². The number of hydrogen-bond acceptors (Lipinski definition) is 5. The van der Waals surface area contributed by atoms with Gasteiger partial charge >= 0.3 is 0 Å². The molecule has 0 unspecified atom stereocenters. The van der Waals surface area contributed by atoms with Gasteiger partial charge in [0.2, 0.25) is 6.79 Å². The molecular weight excluding hydrogens is 304 g/mol. The number of ether oxygens (including phenoxy) is 3. The highest BCUT2D eigenvalue weighted by Gasteiger charge is 2.19. The smallest absolute Gasteiger partial charge is 0.231 e. The monoisotopic (exact) mass is 324 g/mol. The molecule has 0 aliphatic carbocycles. The summed E-state index contributed by atoms with van der Waals surface area (Å²) in [6.07, 6.45) is 3.04. The maximum Gasteiger partial charge on any atom is 0.231 e. The Kier molecular flexibility index (Phi) is 4.09. The summed E-state index contributed by atoms with van der Waals surface area (Å²) in [5.41, 5.74) is 3.50. The molecule has 1 N–H and O–H groups in total. The Morgan fingerprint density at radius 2 is 2.08 bits per heavy atom. The van der Waals surface area contributed by atoms with Crippen molar-refractivity contribution in [2.45, 2.75) is 18.9 Å². The molecule has 124 valence electrons. The summed E-state index contributed by atoms with van der Waals surface area (Å²) in [6.45, 7) is 2.04. The highest BCUT2D eigenvalue weighted by atomic mass is 16.7. The summed E-state index contributed by atoms with van der Waals surface area (Å²) in [5, 5.41) is 3.49. The van der Waals surface area contributed by atoms with Gasteiger partial charge in [-0.2, -0.15) is 0 Å². The first-order valence-electron chi connectivity index (χ1n) is 8.15. The molecule has 5 heteroatoms. The minimum absolute atomic E-state index is 0.316. The Hall–Kier alpha value is -2.53. The van der Waals surface area contributed by atoms with E-state index < -0.39 is 0 Å². The number of rotatable bonds is 6. The largest absolute Gasteiger partial charge is 0.497 e. The second kappa shape index (κ2) is 6.53. The van der Waals surface area contributed by atoms with Crippen molar-refractivity contribution in [3.05, 3.63) is 47.5 Å². The predicted molar refractivity (Wildman–Crippen MR) is 92.8 cm³/mol. The normalized spacial score (nSPS) is 17.1. The van der Waals surface area contributed by atoms with Crippen LogP contribution in [0.2, 0.25) is 0 Å². The minimum Gasteiger partial charge on any atom is -0.497 e. The van der Waals surface area contributed by atoms with Crippen LogP contribution in [0.4, 0.5) is 5.69 Å². The fourth-order valence-corrected chi connectivity index (χ4v) is 3.10. The van der Waals surface area contributed by atoms with E-state index in [4.69, 9.17) is 14.2 Å². The third kappa shape index (κ3) is 2.95. The first-order chi connectivity index (χ1) is 11.8. The summed E-state index contributed by atoms with van der Waals surface area (Å²) in [7, 11) is 1.69. The maximum absolute atomic E-state index is 5.41. The molecule has 0 bridgehead atoms. The Morgan fingerprint density at radius 3 is 3.00 bits per heavy atom. The standard InChI is InChI=1S/C19H20N2O3/c1-22-15-3-4-17-16(9-15)14(11-21-17)6-7-20-10-13-2-5-18-19(8-13)24-12-23-18/h2-5,8-9,11,14,20H,6-7,10,12H2,1H3/t14-/m1/s1. The quantitative estimate of drug-likeness (QED) is 0.828. The molecule has 0 saturated heterocycles. The highest BCUT2D eigenvalue weighted by Crippen LogP contribution is 2.36. The highest BCUT2D eigenvalue weighted by molar-refractivity contribution is 5.81. The van der Waals surface area contributed by atoms with E-state index in [-0.39, 0.29) is 0 Å². The van der Waals surface area contributed by atoms with E-state index in [9.17, 15) is 0 Å². The predicted octanol–water partition coefficient (Wildman–Crippen LogP) is 3.40. The topological polar surface area (TPSA) is 52.1 Å². The van der Waals surface area contributed by atoms with E-state index in [1.165, 1.54) is 11.1 Å². The third-order valence-corrected chi connectivity index (χ3v) is 4.43. The molecule has 2 heterocycles. The number of nitrogens with one attached hydrogen (secondary N) is 1. The summed E-state index contributed by atoms with van der Waals surface area (Å²) in [5.74, 6) is 2.89. The van der Waals surface area contributed by atoms with Crippen LogP contribution in [0.5, 0.6) is 17.2 Å². The maximum atomic E-state index is 5.41. The molecule has 4 rings (SSSR count). The zero-order valence-electron chi connectivity index (χ0n) is 13.6. The van der Waals surface area contributed by atoms with Gasteiger partial charge in [-0.05, 0) is 54.4 Å². The summed E-state index contributed by atoms with van der Waals surface area (Å²) >= 11 is 0. The van der Waals surface area contributed by atoms with Crippen molar-refractivity contribution in [3.8, 4) is 17.2 Å². The van der Waals surface area contributed by atoms with Crippen molar-refractivity contribution >= 4 is 11.9 Å². The molecule has 2 aromatic rings. The number of aliphatic imine (C=N–C) groups is 1. The van der Waals surface area contributed by atoms with Crippen LogP contribution in [-0.4, -0.2) is 26.7 Å². The molecule has 1 atom stereocenters. The van der Waals surface area contributed by atoms with Crippen LogP contribution < -0.4 is 19.5 Å². The molecule has 0 spiro atoms. The number of methoxy groups -OCH3 is 1. The van der Waals surface area contributed by atoms with E-state index >= 15 is 0 Å². The zero-order chi connectivity index (χ0) is 16.4. The first-order valence-corrected chi connectivity index (χ1v) is 8.15. The van der Waals surface area contributed by atoms with Gasteiger partial charge < -0.3 is 19.5 Å². The van der Waals surface area contributed by atoms with Gasteiger partial charge in [0.1, 0.15) is 5.75 Å². The van der Waals surface area contributed by atoms with Crippen molar-refractivity contribution in [2.75, 3.05) is 20.4 Å². The Bertz CT molecular complexity index is 773. The molecule has 0 amide bonds. The zero-order valence-corrected chi connectivity index (χ0v) is 13.6. The van der Waals surface area contributed by atoms with Crippen LogP contribution in [-0.2, 0) is 6.54 Å². The molecule has 5 nitrogen and oxygen atoms in total. The van der Waals surface area contributed by atoms with Crippen molar-refractivity contribution in [1.29, 1.82) is 0 Å². The molecule has 0 radical (unpaired) electrons. The molecule has 2 aliphatic heterocycles.